The quantitative estimate of drug-likeness (QED) is 0.806. The van der Waals surface area contributed by atoms with Gasteiger partial charge < -0.3 is 9.64 Å². The van der Waals surface area contributed by atoms with Gasteiger partial charge in [0.2, 0.25) is 0 Å². The van der Waals surface area contributed by atoms with E-state index in [2.05, 4.69) is 10.00 Å². The number of benzene rings is 1. The van der Waals surface area contributed by atoms with E-state index in [1.165, 1.54) is 4.68 Å². The Kier molecular flexibility index (Phi) is 5.67. The molecule has 0 aliphatic carbocycles. The van der Waals surface area contributed by atoms with Crippen molar-refractivity contribution in [3.8, 4) is 5.69 Å². The van der Waals surface area contributed by atoms with Gasteiger partial charge in [0.25, 0.3) is 5.56 Å². The third kappa shape index (κ3) is 3.84. The minimum absolute atomic E-state index is 0.160. The molecular weight excluding hydrogens is 361 g/mol. The summed E-state index contributed by atoms with van der Waals surface area (Å²) in [6.45, 7) is 6.13. The summed E-state index contributed by atoms with van der Waals surface area (Å²) >= 11 is 12.5. The van der Waals surface area contributed by atoms with E-state index in [1.54, 1.807) is 18.3 Å². The first-order valence-corrected chi connectivity index (χ1v) is 9.17. The van der Waals surface area contributed by atoms with Gasteiger partial charge >= 0.3 is 0 Å². The first kappa shape index (κ1) is 18.2. The molecule has 0 spiro atoms. The molecule has 1 aromatic heterocycles. The molecule has 1 aromatic carbocycles. The molecule has 2 heterocycles. The molecule has 0 bridgehead atoms. The molecule has 7 heteroatoms. The number of hydrogen-bond acceptors (Lipinski definition) is 4. The van der Waals surface area contributed by atoms with Crippen molar-refractivity contribution < 1.29 is 4.74 Å². The van der Waals surface area contributed by atoms with Crippen LogP contribution in [0.15, 0.2) is 29.2 Å². The topological polar surface area (TPSA) is 47.4 Å². The number of halogens is 2. The predicted octanol–water partition coefficient (Wildman–Crippen LogP) is 3.85. The van der Waals surface area contributed by atoms with Crippen molar-refractivity contribution in [2.45, 2.75) is 32.8 Å². The van der Waals surface area contributed by atoms with Gasteiger partial charge in [-0.2, -0.15) is 9.78 Å². The van der Waals surface area contributed by atoms with E-state index >= 15 is 0 Å². The molecular formula is C18H21Cl2N3O2. The smallest absolute Gasteiger partial charge is 0.292 e. The summed E-state index contributed by atoms with van der Waals surface area (Å²) in [6.07, 6.45) is 3.82. The molecule has 0 saturated carbocycles. The van der Waals surface area contributed by atoms with Crippen LogP contribution in [0, 0.1) is 6.92 Å². The van der Waals surface area contributed by atoms with E-state index in [0.29, 0.717) is 23.0 Å². The highest BCUT2D eigenvalue weighted by atomic mass is 35.5. The Morgan fingerprint density at radius 3 is 2.88 bits per heavy atom. The summed E-state index contributed by atoms with van der Waals surface area (Å²) < 4.78 is 7.00. The normalized spacial score (nSPS) is 17.8. The van der Waals surface area contributed by atoms with Crippen LogP contribution in [0.2, 0.25) is 10.0 Å². The fraction of sp³-hybridized carbons (Fsp3) is 0.444. The number of aryl methyl sites for hydroxylation is 1. The Morgan fingerprint density at radius 2 is 2.16 bits per heavy atom. The second-order valence-corrected chi connectivity index (χ2v) is 6.94. The number of piperidine rings is 1. The highest BCUT2D eigenvalue weighted by Gasteiger charge is 2.24. The molecule has 0 amide bonds. The lowest BCUT2D eigenvalue weighted by atomic mass is 10.1. The second kappa shape index (κ2) is 7.77. The molecule has 5 nitrogen and oxygen atoms in total. The minimum Gasteiger partial charge on any atom is -0.377 e. The van der Waals surface area contributed by atoms with E-state index < -0.39 is 0 Å². The summed E-state index contributed by atoms with van der Waals surface area (Å²) in [5.74, 6) is 0. The molecule has 2 aromatic rings. The van der Waals surface area contributed by atoms with E-state index in [4.69, 9.17) is 27.9 Å². The third-order valence-electron chi connectivity index (χ3n) is 4.42. The Hall–Kier alpha value is -1.56. The van der Waals surface area contributed by atoms with Crippen molar-refractivity contribution in [3.05, 3.63) is 50.4 Å². The molecule has 0 N–H and O–H groups in total. The van der Waals surface area contributed by atoms with Crippen LogP contribution in [0.25, 0.3) is 5.69 Å². The lowest BCUT2D eigenvalue weighted by molar-refractivity contribution is 0.0526. The molecule has 1 saturated heterocycles. The zero-order valence-electron chi connectivity index (χ0n) is 14.3. The fourth-order valence-corrected chi connectivity index (χ4v) is 3.49. The first-order chi connectivity index (χ1) is 12.0. The van der Waals surface area contributed by atoms with Crippen LogP contribution < -0.4 is 10.5 Å². The summed E-state index contributed by atoms with van der Waals surface area (Å²) in [6, 6.07) is 5.37. The van der Waals surface area contributed by atoms with Crippen LogP contribution in [0.1, 0.15) is 25.3 Å². The Morgan fingerprint density at radius 1 is 1.36 bits per heavy atom. The highest BCUT2D eigenvalue weighted by molar-refractivity contribution is 6.33. The Bertz CT molecular complexity index is 820. The average molecular weight is 382 g/mol. The van der Waals surface area contributed by atoms with Crippen molar-refractivity contribution in [2.24, 2.45) is 0 Å². The fourth-order valence-electron chi connectivity index (χ4n) is 3.07. The van der Waals surface area contributed by atoms with Crippen molar-refractivity contribution in [2.75, 3.05) is 24.6 Å². The van der Waals surface area contributed by atoms with E-state index in [1.807, 2.05) is 19.9 Å². The summed E-state index contributed by atoms with van der Waals surface area (Å²) in [4.78, 5) is 14.8. The van der Waals surface area contributed by atoms with Gasteiger partial charge in [-0.3, -0.25) is 4.79 Å². The summed E-state index contributed by atoms with van der Waals surface area (Å²) in [5, 5.41) is 5.06. The zero-order valence-corrected chi connectivity index (χ0v) is 15.8. The maximum Gasteiger partial charge on any atom is 0.292 e. The largest absolute Gasteiger partial charge is 0.377 e. The van der Waals surface area contributed by atoms with Gasteiger partial charge in [-0.25, -0.2) is 0 Å². The van der Waals surface area contributed by atoms with Gasteiger partial charge in [0.1, 0.15) is 5.02 Å². The molecule has 134 valence electrons. The van der Waals surface area contributed by atoms with Crippen molar-refractivity contribution >= 4 is 28.9 Å². The van der Waals surface area contributed by atoms with E-state index in [-0.39, 0.29) is 16.7 Å². The van der Waals surface area contributed by atoms with Crippen molar-refractivity contribution in [1.82, 2.24) is 9.78 Å². The third-order valence-corrected chi connectivity index (χ3v) is 5.18. The zero-order chi connectivity index (χ0) is 18.0. The average Bonchev–Trinajstić information content (AvgIpc) is 2.60. The maximum absolute atomic E-state index is 12.7. The maximum atomic E-state index is 12.7. The monoisotopic (exact) mass is 381 g/mol. The molecule has 1 fully saturated rings. The SMILES string of the molecule is CCOC1CCCN(c2cnn(-c3ccc(C)c(Cl)c3)c(=O)c2Cl)C1. The van der Waals surface area contributed by atoms with Gasteiger partial charge in [0.05, 0.1) is 23.7 Å². The molecule has 25 heavy (non-hydrogen) atoms. The van der Waals surface area contributed by atoms with Crippen LogP contribution in [-0.4, -0.2) is 35.6 Å². The second-order valence-electron chi connectivity index (χ2n) is 6.16. The molecule has 1 unspecified atom stereocenters. The number of anilines is 1. The molecule has 1 aliphatic heterocycles. The Labute approximate surface area is 157 Å². The van der Waals surface area contributed by atoms with Gasteiger partial charge in [-0.15, -0.1) is 0 Å². The molecule has 0 radical (unpaired) electrons. The predicted molar refractivity (Wildman–Crippen MR) is 101 cm³/mol. The highest BCUT2D eigenvalue weighted by Crippen LogP contribution is 2.26. The molecule has 3 rings (SSSR count). The summed E-state index contributed by atoms with van der Waals surface area (Å²) in [5.41, 5.74) is 1.85. The Balaban J connectivity index is 1.92. The first-order valence-electron chi connectivity index (χ1n) is 8.42. The lowest BCUT2D eigenvalue weighted by Crippen LogP contribution is -2.41. The van der Waals surface area contributed by atoms with E-state index in [9.17, 15) is 4.79 Å². The minimum atomic E-state index is -0.349. The van der Waals surface area contributed by atoms with E-state index in [0.717, 1.165) is 31.5 Å². The number of ether oxygens (including phenoxy) is 1. The number of aromatic nitrogens is 2. The number of nitrogens with zero attached hydrogens (tertiary/aromatic N) is 3. The standard InChI is InChI=1S/C18H21Cl2N3O2/c1-3-25-14-5-4-8-22(11-14)16-10-21-23(18(24)17(16)20)13-7-6-12(2)15(19)9-13/h6-7,9-10,14H,3-5,8,11H2,1-2H3. The van der Waals surface area contributed by atoms with Crippen molar-refractivity contribution in [3.63, 3.8) is 0 Å². The number of rotatable bonds is 4. The van der Waals surface area contributed by atoms with Crippen LogP contribution in [0.3, 0.4) is 0 Å². The molecule has 1 aliphatic rings. The van der Waals surface area contributed by atoms with Gasteiger partial charge in [-0.1, -0.05) is 29.3 Å². The van der Waals surface area contributed by atoms with Crippen LogP contribution in [-0.2, 0) is 4.74 Å². The van der Waals surface area contributed by atoms with Crippen molar-refractivity contribution in [1.29, 1.82) is 0 Å². The van der Waals surface area contributed by atoms with Crippen LogP contribution in [0.5, 0.6) is 0 Å². The van der Waals surface area contributed by atoms with Crippen LogP contribution in [0.4, 0.5) is 5.69 Å². The van der Waals surface area contributed by atoms with Gasteiger partial charge in [-0.05, 0) is 44.4 Å². The van der Waals surface area contributed by atoms with Gasteiger partial charge in [0, 0.05) is 24.7 Å². The van der Waals surface area contributed by atoms with Crippen LogP contribution >= 0.6 is 23.2 Å². The van der Waals surface area contributed by atoms with Gasteiger partial charge in [0.15, 0.2) is 0 Å². The lowest BCUT2D eigenvalue weighted by Gasteiger charge is -2.34. The number of hydrogen-bond donors (Lipinski definition) is 0. The summed E-state index contributed by atoms with van der Waals surface area (Å²) in [7, 11) is 0. The molecule has 1 atom stereocenters.